The number of piperazine rings is 1. The van der Waals surface area contributed by atoms with E-state index in [1.54, 1.807) is 31.2 Å². The van der Waals surface area contributed by atoms with Crippen LogP contribution in [-0.2, 0) is 4.79 Å². The van der Waals surface area contributed by atoms with Gasteiger partial charge < -0.3 is 9.80 Å². The number of hydrogen-bond donors (Lipinski definition) is 0. The minimum atomic E-state index is -0.807. The van der Waals surface area contributed by atoms with Crippen molar-refractivity contribution in [3.63, 3.8) is 0 Å². The van der Waals surface area contributed by atoms with Gasteiger partial charge in [0.1, 0.15) is 17.7 Å². The molecule has 2 aromatic carbocycles. The maximum absolute atomic E-state index is 14.0. The molecule has 0 spiro atoms. The van der Waals surface area contributed by atoms with Crippen LogP contribution in [0.15, 0.2) is 42.5 Å². The van der Waals surface area contributed by atoms with Gasteiger partial charge in [-0.1, -0.05) is 11.6 Å². The summed E-state index contributed by atoms with van der Waals surface area (Å²) in [5.74, 6) is -2.23. The Morgan fingerprint density at radius 2 is 1.80 bits per heavy atom. The van der Waals surface area contributed by atoms with Crippen LogP contribution < -0.4 is 4.90 Å². The molecule has 1 fully saturated rings. The van der Waals surface area contributed by atoms with Gasteiger partial charge in [-0.15, -0.1) is 0 Å². The lowest BCUT2D eigenvalue weighted by Crippen LogP contribution is -2.58. The van der Waals surface area contributed by atoms with Crippen molar-refractivity contribution in [1.82, 2.24) is 4.90 Å². The monoisotopic (exact) mass is 364 g/mol. The smallest absolute Gasteiger partial charge is 0.254 e. The van der Waals surface area contributed by atoms with Gasteiger partial charge in [-0.25, -0.2) is 8.78 Å². The molecule has 0 aromatic heterocycles. The second-order valence-electron chi connectivity index (χ2n) is 5.77. The van der Waals surface area contributed by atoms with Gasteiger partial charge in [0.05, 0.1) is 5.69 Å². The molecule has 1 aliphatic heterocycles. The lowest BCUT2D eigenvalue weighted by atomic mass is 10.1. The zero-order chi connectivity index (χ0) is 18.1. The number of nitrogens with zero attached hydrogens (tertiary/aromatic N) is 2. The normalized spacial score (nSPS) is 17.8. The van der Waals surface area contributed by atoms with Crippen LogP contribution in [0.5, 0.6) is 0 Å². The van der Waals surface area contributed by atoms with Gasteiger partial charge in [0.2, 0.25) is 5.91 Å². The Labute approximate surface area is 148 Å². The first-order chi connectivity index (χ1) is 11.9. The number of rotatable bonds is 2. The van der Waals surface area contributed by atoms with Gasteiger partial charge in [-0.05, 0) is 43.3 Å². The number of hydrogen-bond acceptors (Lipinski definition) is 2. The fourth-order valence-electron chi connectivity index (χ4n) is 2.85. The molecule has 0 unspecified atom stereocenters. The number of halogens is 3. The zero-order valence-electron chi connectivity index (χ0n) is 13.4. The summed E-state index contributed by atoms with van der Waals surface area (Å²) in [6, 6.07) is 8.69. The van der Waals surface area contributed by atoms with E-state index in [4.69, 9.17) is 11.6 Å². The van der Waals surface area contributed by atoms with Gasteiger partial charge in [0.15, 0.2) is 0 Å². The van der Waals surface area contributed by atoms with Crippen LogP contribution in [0.1, 0.15) is 17.3 Å². The van der Waals surface area contributed by atoms with Crippen LogP contribution in [0, 0.1) is 11.6 Å². The molecule has 2 amide bonds. The van der Waals surface area contributed by atoms with Crippen LogP contribution in [0.25, 0.3) is 0 Å². The SMILES string of the molecule is C[C@H]1C(=O)N(c2ccc(F)cc2F)CCN1C(=O)c1ccc(Cl)cc1. The summed E-state index contributed by atoms with van der Waals surface area (Å²) in [5.41, 5.74) is 0.433. The average Bonchev–Trinajstić information content (AvgIpc) is 2.58. The highest BCUT2D eigenvalue weighted by molar-refractivity contribution is 6.30. The van der Waals surface area contributed by atoms with E-state index < -0.39 is 23.6 Å². The number of carbonyl (C=O) groups excluding carboxylic acids is 2. The third kappa shape index (κ3) is 3.35. The highest BCUT2D eigenvalue weighted by Crippen LogP contribution is 2.25. The third-order valence-corrected chi connectivity index (χ3v) is 4.46. The lowest BCUT2D eigenvalue weighted by molar-refractivity contribution is -0.124. The van der Waals surface area contributed by atoms with Gasteiger partial charge in [-0.2, -0.15) is 0 Å². The van der Waals surface area contributed by atoms with E-state index in [0.29, 0.717) is 10.6 Å². The van der Waals surface area contributed by atoms with Crippen LogP contribution in [0.4, 0.5) is 14.5 Å². The van der Waals surface area contributed by atoms with Crippen molar-refractivity contribution in [2.45, 2.75) is 13.0 Å². The molecule has 25 heavy (non-hydrogen) atoms. The highest BCUT2D eigenvalue weighted by atomic mass is 35.5. The summed E-state index contributed by atoms with van der Waals surface area (Å²) in [5, 5.41) is 0.511. The summed E-state index contributed by atoms with van der Waals surface area (Å²) >= 11 is 5.82. The molecular weight excluding hydrogens is 350 g/mol. The molecule has 2 aromatic rings. The molecule has 0 bridgehead atoms. The Morgan fingerprint density at radius 3 is 2.44 bits per heavy atom. The molecule has 7 heteroatoms. The second-order valence-corrected chi connectivity index (χ2v) is 6.20. The van der Waals surface area contributed by atoms with Crippen LogP contribution >= 0.6 is 11.6 Å². The summed E-state index contributed by atoms with van der Waals surface area (Å²) in [6.45, 7) is 1.96. The van der Waals surface area contributed by atoms with Crippen molar-refractivity contribution >= 4 is 29.1 Å². The van der Waals surface area contributed by atoms with Gasteiger partial charge in [0, 0.05) is 29.7 Å². The molecule has 1 saturated heterocycles. The van der Waals surface area contributed by atoms with E-state index >= 15 is 0 Å². The Hall–Kier alpha value is -2.47. The molecule has 3 rings (SSSR count). The number of benzene rings is 2. The molecule has 4 nitrogen and oxygen atoms in total. The minimum absolute atomic E-state index is 0.0110. The standard InChI is InChI=1S/C18H15ClF2N2O2/c1-11-17(24)23(16-7-6-14(20)10-15(16)21)9-8-22(11)18(25)12-2-4-13(19)5-3-12/h2-7,10-11H,8-9H2,1H3/t11-/m0/s1. The van der Waals surface area contributed by atoms with Crippen molar-refractivity contribution in [1.29, 1.82) is 0 Å². The average molecular weight is 365 g/mol. The number of carbonyl (C=O) groups is 2. The fourth-order valence-corrected chi connectivity index (χ4v) is 2.97. The first kappa shape index (κ1) is 17.4. The van der Waals surface area contributed by atoms with E-state index in [2.05, 4.69) is 0 Å². The molecule has 1 aliphatic rings. The topological polar surface area (TPSA) is 40.6 Å². The predicted molar refractivity (Wildman–Crippen MR) is 90.7 cm³/mol. The maximum Gasteiger partial charge on any atom is 0.254 e. The van der Waals surface area contributed by atoms with Gasteiger partial charge in [0.25, 0.3) is 5.91 Å². The molecule has 1 heterocycles. The summed E-state index contributed by atoms with van der Waals surface area (Å²) < 4.78 is 27.0. The minimum Gasteiger partial charge on any atom is -0.325 e. The Kier molecular flexibility index (Phi) is 4.72. The van der Waals surface area contributed by atoms with Crippen LogP contribution in [-0.4, -0.2) is 35.8 Å². The van der Waals surface area contributed by atoms with Crippen molar-refractivity contribution in [2.75, 3.05) is 18.0 Å². The first-order valence-electron chi connectivity index (χ1n) is 7.71. The third-order valence-electron chi connectivity index (χ3n) is 4.21. The number of amides is 2. The van der Waals surface area contributed by atoms with Crippen LogP contribution in [0.3, 0.4) is 0 Å². The van der Waals surface area contributed by atoms with E-state index in [1.807, 2.05) is 0 Å². The quantitative estimate of drug-likeness (QED) is 0.818. The molecule has 1 atom stereocenters. The number of anilines is 1. The Morgan fingerprint density at radius 1 is 1.12 bits per heavy atom. The van der Waals surface area contributed by atoms with Gasteiger partial charge in [-0.3, -0.25) is 9.59 Å². The van der Waals surface area contributed by atoms with E-state index in [9.17, 15) is 18.4 Å². The highest BCUT2D eigenvalue weighted by Gasteiger charge is 2.36. The molecule has 130 valence electrons. The molecular formula is C18H15ClF2N2O2. The molecule has 0 N–H and O–H groups in total. The Bertz CT molecular complexity index is 826. The molecule has 0 saturated carbocycles. The molecule has 0 radical (unpaired) electrons. The van der Waals surface area contributed by atoms with Crippen molar-refractivity contribution < 1.29 is 18.4 Å². The van der Waals surface area contributed by atoms with Gasteiger partial charge >= 0.3 is 0 Å². The van der Waals surface area contributed by atoms with E-state index in [-0.39, 0.29) is 24.7 Å². The van der Waals surface area contributed by atoms with Crippen molar-refractivity contribution in [3.8, 4) is 0 Å². The van der Waals surface area contributed by atoms with Crippen LogP contribution in [0.2, 0.25) is 5.02 Å². The van der Waals surface area contributed by atoms with Crippen molar-refractivity contribution in [2.24, 2.45) is 0 Å². The lowest BCUT2D eigenvalue weighted by Gasteiger charge is -2.39. The Balaban J connectivity index is 1.81. The second kappa shape index (κ2) is 6.80. The zero-order valence-corrected chi connectivity index (χ0v) is 14.1. The fraction of sp³-hybridized carbons (Fsp3) is 0.222. The van der Waals surface area contributed by atoms with Crippen molar-refractivity contribution in [3.05, 3.63) is 64.7 Å². The molecule has 0 aliphatic carbocycles. The maximum atomic E-state index is 14.0. The largest absolute Gasteiger partial charge is 0.325 e. The van der Waals surface area contributed by atoms with E-state index in [1.165, 1.54) is 15.9 Å². The van der Waals surface area contributed by atoms with E-state index in [0.717, 1.165) is 12.1 Å². The first-order valence-corrected chi connectivity index (χ1v) is 8.09. The summed E-state index contributed by atoms with van der Waals surface area (Å²) in [6.07, 6.45) is 0. The summed E-state index contributed by atoms with van der Waals surface area (Å²) in [7, 11) is 0. The predicted octanol–water partition coefficient (Wildman–Crippen LogP) is 3.50. The summed E-state index contributed by atoms with van der Waals surface area (Å²) in [4.78, 5) is 27.9.